The number of nitrogens with one attached hydrogen (secondary N) is 1. The Morgan fingerprint density at radius 1 is 1.29 bits per heavy atom. The molecule has 1 unspecified atom stereocenters. The van der Waals surface area contributed by atoms with Gasteiger partial charge in [0.1, 0.15) is 0 Å². The molecule has 2 aromatic rings. The SMILES string of the molecule is O=C(NCc1cnn(-c2ccccc2)c1)N1CCCCC1CCO. The Morgan fingerprint density at radius 3 is 2.92 bits per heavy atom. The van der Waals surface area contributed by atoms with Crippen LogP contribution in [0.2, 0.25) is 0 Å². The zero-order valence-corrected chi connectivity index (χ0v) is 13.8. The third-order valence-corrected chi connectivity index (χ3v) is 4.45. The number of carbonyl (C=O) groups is 1. The van der Waals surface area contributed by atoms with Crippen molar-refractivity contribution in [3.8, 4) is 5.69 Å². The Balaban J connectivity index is 1.57. The van der Waals surface area contributed by atoms with Crippen LogP contribution in [0.5, 0.6) is 0 Å². The second-order valence-corrected chi connectivity index (χ2v) is 6.14. The average Bonchev–Trinajstić information content (AvgIpc) is 3.10. The fourth-order valence-electron chi connectivity index (χ4n) is 3.17. The first-order valence-electron chi connectivity index (χ1n) is 8.52. The molecular formula is C18H24N4O2. The van der Waals surface area contributed by atoms with Gasteiger partial charge in [0.05, 0.1) is 11.9 Å². The summed E-state index contributed by atoms with van der Waals surface area (Å²) in [5.41, 5.74) is 1.96. The van der Waals surface area contributed by atoms with Gasteiger partial charge in [-0.2, -0.15) is 5.10 Å². The van der Waals surface area contributed by atoms with Gasteiger partial charge in [0.15, 0.2) is 0 Å². The summed E-state index contributed by atoms with van der Waals surface area (Å²) in [6.45, 7) is 1.34. The lowest BCUT2D eigenvalue weighted by molar-refractivity contribution is 0.131. The molecule has 2 amide bonds. The molecule has 1 saturated heterocycles. The van der Waals surface area contributed by atoms with E-state index in [2.05, 4.69) is 10.4 Å². The average molecular weight is 328 g/mol. The summed E-state index contributed by atoms with van der Waals surface area (Å²) in [5.74, 6) is 0. The van der Waals surface area contributed by atoms with E-state index in [0.717, 1.165) is 37.1 Å². The third-order valence-electron chi connectivity index (χ3n) is 4.45. The van der Waals surface area contributed by atoms with E-state index in [9.17, 15) is 4.79 Å². The molecule has 0 spiro atoms. The van der Waals surface area contributed by atoms with Crippen LogP contribution in [-0.2, 0) is 6.54 Å². The Bertz CT molecular complexity index is 654. The molecule has 1 aromatic carbocycles. The van der Waals surface area contributed by atoms with Gasteiger partial charge in [-0.15, -0.1) is 0 Å². The fraction of sp³-hybridized carbons (Fsp3) is 0.444. The molecule has 3 rings (SSSR count). The minimum atomic E-state index is -0.0550. The number of piperidine rings is 1. The summed E-state index contributed by atoms with van der Waals surface area (Å²) < 4.78 is 1.80. The van der Waals surface area contributed by atoms with Gasteiger partial charge in [-0.3, -0.25) is 0 Å². The highest BCUT2D eigenvalue weighted by atomic mass is 16.3. The van der Waals surface area contributed by atoms with Crippen molar-refractivity contribution in [3.05, 3.63) is 48.3 Å². The topological polar surface area (TPSA) is 70.4 Å². The predicted octanol–water partition coefficient (Wildman–Crippen LogP) is 2.32. The second kappa shape index (κ2) is 7.97. The summed E-state index contributed by atoms with van der Waals surface area (Å²) in [6.07, 6.45) is 7.48. The van der Waals surface area contributed by atoms with Crippen molar-refractivity contribution in [2.24, 2.45) is 0 Å². The van der Waals surface area contributed by atoms with E-state index in [0.29, 0.717) is 13.0 Å². The van der Waals surface area contributed by atoms with E-state index >= 15 is 0 Å². The van der Waals surface area contributed by atoms with Crippen molar-refractivity contribution >= 4 is 6.03 Å². The molecule has 1 aromatic heterocycles. The number of urea groups is 1. The summed E-state index contributed by atoms with van der Waals surface area (Å²) in [4.78, 5) is 14.3. The van der Waals surface area contributed by atoms with Gasteiger partial charge in [0.25, 0.3) is 0 Å². The number of hydrogen-bond donors (Lipinski definition) is 2. The Morgan fingerprint density at radius 2 is 2.12 bits per heavy atom. The molecule has 0 saturated carbocycles. The number of amides is 2. The van der Waals surface area contributed by atoms with Crippen LogP contribution in [-0.4, -0.2) is 45.0 Å². The van der Waals surface area contributed by atoms with Gasteiger partial charge in [0.2, 0.25) is 0 Å². The number of hydrogen-bond acceptors (Lipinski definition) is 3. The number of likely N-dealkylation sites (tertiary alicyclic amines) is 1. The molecule has 1 atom stereocenters. The largest absolute Gasteiger partial charge is 0.396 e. The van der Waals surface area contributed by atoms with Crippen molar-refractivity contribution in [2.75, 3.05) is 13.2 Å². The van der Waals surface area contributed by atoms with E-state index in [1.54, 1.807) is 10.9 Å². The van der Waals surface area contributed by atoms with E-state index in [4.69, 9.17) is 5.11 Å². The maximum absolute atomic E-state index is 12.4. The highest BCUT2D eigenvalue weighted by molar-refractivity contribution is 5.74. The van der Waals surface area contributed by atoms with Crippen LogP contribution in [0.1, 0.15) is 31.2 Å². The molecule has 6 nitrogen and oxygen atoms in total. The normalized spacial score (nSPS) is 17.7. The van der Waals surface area contributed by atoms with E-state index in [1.165, 1.54) is 0 Å². The highest BCUT2D eigenvalue weighted by Gasteiger charge is 2.25. The van der Waals surface area contributed by atoms with E-state index in [-0.39, 0.29) is 18.7 Å². The minimum Gasteiger partial charge on any atom is -0.396 e. The summed E-state index contributed by atoms with van der Waals surface area (Å²) >= 11 is 0. The van der Waals surface area contributed by atoms with Gasteiger partial charge < -0.3 is 15.3 Å². The number of aliphatic hydroxyl groups is 1. The van der Waals surface area contributed by atoms with Crippen LogP contribution < -0.4 is 5.32 Å². The van der Waals surface area contributed by atoms with Crippen LogP contribution in [0.25, 0.3) is 5.69 Å². The molecule has 1 aliphatic rings. The standard InChI is InChI=1S/C18H24N4O2/c23-11-9-16-6-4-5-10-21(16)18(24)19-12-15-13-20-22(14-15)17-7-2-1-3-8-17/h1-3,7-8,13-14,16,23H,4-6,9-12H2,(H,19,24). The maximum Gasteiger partial charge on any atom is 0.317 e. The van der Waals surface area contributed by atoms with Crippen molar-refractivity contribution < 1.29 is 9.90 Å². The highest BCUT2D eigenvalue weighted by Crippen LogP contribution is 2.19. The molecular weight excluding hydrogens is 304 g/mol. The lowest BCUT2D eigenvalue weighted by Crippen LogP contribution is -2.48. The number of carbonyl (C=O) groups excluding carboxylic acids is 1. The number of aromatic nitrogens is 2. The maximum atomic E-state index is 12.4. The molecule has 2 heterocycles. The number of nitrogens with zero attached hydrogens (tertiary/aromatic N) is 3. The molecule has 0 aliphatic carbocycles. The lowest BCUT2D eigenvalue weighted by Gasteiger charge is -2.35. The minimum absolute atomic E-state index is 0.0550. The fourth-order valence-corrected chi connectivity index (χ4v) is 3.17. The molecule has 2 N–H and O–H groups in total. The number of benzene rings is 1. The van der Waals surface area contributed by atoms with E-state index in [1.807, 2.05) is 41.4 Å². The molecule has 0 bridgehead atoms. The number of aliphatic hydroxyl groups excluding tert-OH is 1. The smallest absolute Gasteiger partial charge is 0.317 e. The van der Waals surface area contributed by atoms with Crippen LogP contribution >= 0.6 is 0 Å². The second-order valence-electron chi connectivity index (χ2n) is 6.14. The van der Waals surface area contributed by atoms with Crippen molar-refractivity contribution in [2.45, 2.75) is 38.3 Å². The zero-order chi connectivity index (χ0) is 16.8. The summed E-state index contributed by atoms with van der Waals surface area (Å²) in [5, 5.41) is 16.5. The molecule has 24 heavy (non-hydrogen) atoms. The Hall–Kier alpha value is -2.34. The molecule has 1 fully saturated rings. The molecule has 0 radical (unpaired) electrons. The third kappa shape index (κ3) is 3.94. The summed E-state index contributed by atoms with van der Waals surface area (Å²) in [6, 6.07) is 9.98. The van der Waals surface area contributed by atoms with Gasteiger partial charge in [0, 0.05) is 37.5 Å². The Kier molecular flexibility index (Phi) is 5.48. The first-order valence-corrected chi connectivity index (χ1v) is 8.52. The number of para-hydroxylation sites is 1. The van der Waals surface area contributed by atoms with Crippen LogP contribution in [0.3, 0.4) is 0 Å². The van der Waals surface area contributed by atoms with Gasteiger partial charge in [-0.1, -0.05) is 18.2 Å². The quantitative estimate of drug-likeness (QED) is 0.885. The van der Waals surface area contributed by atoms with Gasteiger partial charge >= 0.3 is 6.03 Å². The van der Waals surface area contributed by atoms with Gasteiger partial charge in [-0.25, -0.2) is 9.48 Å². The zero-order valence-electron chi connectivity index (χ0n) is 13.8. The summed E-state index contributed by atoms with van der Waals surface area (Å²) in [7, 11) is 0. The Labute approximate surface area is 142 Å². The first kappa shape index (κ1) is 16.5. The molecule has 128 valence electrons. The lowest BCUT2D eigenvalue weighted by atomic mass is 10.0. The van der Waals surface area contributed by atoms with Crippen LogP contribution in [0, 0.1) is 0 Å². The number of rotatable bonds is 5. The van der Waals surface area contributed by atoms with Crippen molar-refractivity contribution in [1.82, 2.24) is 20.0 Å². The molecule has 1 aliphatic heterocycles. The van der Waals surface area contributed by atoms with Crippen molar-refractivity contribution in [3.63, 3.8) is 0 Å². The van der Waals surface area contributed by atoms with Crippen LogP contribution in [0.4, 0.5) is 4.79 Å². The van der Waals surface area contributed by atoms with Crippen LogP contribution in [0.15, 0.2) is 42.7 Å². The monoisotopic (exact) mass is 328 g/mol. The van der Waals surface area contributed by atoms with Gasteiger partial charge in [-0.05, 0) is 37.8 Å². The predicted molar refractivity (Wildman–Crippen MR) is 91.8 cm³/mol. The molecule has 6 heteroatoms. The van der Waals surface area contributed by atoms with Crippen molar-refractivity contribution in [1.29, 1.82) is 0 Å². The first-order chi connectivity index (χ1) is 11.8. The van der Waals surface area contributed by atoms with E-state index < -0.39 is 0 Å².